The van der Waals surface area contributed by atoms with Crippen LogP contribution < -0.4 is 5.73 Å². The zero-order chi connectivity index (χ0) is 9.42. The summed E-state index contributed by atoms with van der Waals surface area (Å²) in [4.78, 5) is 0. The largest absolute Gasteiger partial charge is 0.508 e. The molecule has 0 saturated heterocycles. The molecular weight excluding hydrogens is 162 g/mol. The van der Waals surface area contributed by atoms with Crippen LogP contribution in [-0.2, 0) is 6.42 Å². The van der Waals surface area contributed by atoms with Gasteiger partial charge in [0.05, 0.1) is 0 Å². The molecule has 0 heterocycles. The number of aromatic hydroxyl groups is 1. The minimum atomic E-state index is 0.245. The van der Waals surface area contributed by atoms with Gasteiger partial charge in [-0.3, -0.25) is 0 Å². The molecule has 1 aliphatic rings. The predicted molar refractivity (Wildman–Crippen MR) is 52.8 cm³/mol. The van der Waals surface area contributed by atoms with Crippen molar-refractivity contribution in [2.24, 2.45) is 5.73 Å². The second-order valence-electron chi connectivity index (χ2n) is 3.84. The summed E-state index contributed by atoms with van der Waals surface area (Å²) in [6, 6.07) is 5.96. The van der Waals surface area contributed by atoms with Crippen molar-refractivity contribution in [3.8, 4) is 5.75 Å². The lowest BCUT2D eigenvalue weighted by molar-refractivity contribution is 0.442. The van der Waals surface area contributed by atoms with Gasteiger partial charge in [-0.2, -0.15) is 0 Å². The van der Waals surface area contributed by atoms with Gasteiger partial charge < -0.3 is 10.8 Å². The van der Waals surface area contributed by atoms with Crippen LogP contribution >= 0.6 is 0 Å². The van der Waals surface area contributed by atoms with Gasteiger partial charge in [-0.15, -0.1) is 0 Å². The minimum absolute atomic E-state index is 0.245. The fourth-order valence-corrected chi connectivity index (χ4v) is 2.08. The summed E-state index contributed by atoms with van der Waals surface area (Å²) in [6.07, 6.45) is 1.89. The maximum atomic E-state index is 9.62. The monoisotopic (exact) mass is 177 g/mol. The highest BCUT2D eigenvalue weighted by atomic mass is 16.3. The van der Waals surface area contributed by atoms with Crippen molar-refractivity contribution in [3.05, 3.63) is 29.3 Å². The first kappa shape index (κ1) is 8.57. The van der Waals surface area contributed by atoms with Crippen LogP contribution in [0.3, 0.4) is 0 Å². The van der Waals surface area contributed by atoms with E-state index in [4.69, 9.17) is 5.73 Å². The molecule has 3 N–H and O–H groups in total. The lowest BCUT2D eigenvalue weighted by Crippen LogP contribution is -2.31. The number of phenolic OH excluding ortho intramolecular Hbond substituents is 1. The van der Waals surface area contributed by atoms with E-state index in [0.29, 0.717) is 11.7 Å². The van der Waals surface area contributed by atoms with Gasteiger partial charge in [0.15, 0.2) is 0 Å². The first-order valence-corrected chi connectivity index (χ1v) is 4.76. The van der Waals surface area contributed by atoms with Gasteiger partial charge in [-0.1, -0.05) is 19.1 Å². The molecular formula is C11H15NO. The Morgan fingerprint density at radius 1 is 1.46 bits per heavy atom. The van der Waals surface area contributed by atoms with Crippen LogP contribution in [0, 0.1) is 0 Å². The summed E-state index contributed by atoms with van der Waals surface area (Å²) < 4.78 is 0. The molecule has 0 saturated carbocycles. The fourth-order valence-electron chi connectivity index (χ4n) is 2.08. The average molecular weight is 177 g/mol. The van der Waals surface area contributed by atoms with Crippen molar-refractivity contribution in [2.75, 3.05) is 0 Å². The third kappa shape index (κ3) is 1.31. The fraction of sp³-hybridized carbons (Fsp3) is 0.455. The SMILES string of the molecule is CC1c2cccc(O)c2CCC1N. The molecule has 1 aromatic carbocycles. The van der Waals surface area contributed by atoms with Crippen molar-refractivity contribution in [3.63, 3.8) is 0 Å². The second kappa shape index (κ2) is 3.04. The molecule has 2 atom stereocenters. The van der Waals surface area contributed by atoms with Crippen LogP contribution in [0.25, 0.3) is 0 Å². The molecule has 0 aromatic heterocycles. The molecule has 0 aliphatic heterocycles. The van der Waals surface area contributed by atoms with Gasteiger partial charge in [-0.05, 0) is 36.0 Å². The summed E-state index contributed by atoms with van der Waals surface area (Å²) >= 11 is 0. The predicted octanol–water partition coefficient (Wildman–Crippen LogP) is 1.77. The van der Waals surface area contributed by atoms with Crippen LogP contribution in [0.4, 0.5) is 0 Å². The maximum absolute atomic E-state index is 9.62. The van der Waals surface area contributed by atoms with Crippen molar-refractivity contribution in [1.82, 2.24) is 0 Å². The summed E-state index contributed by atoms with van der Waals surface area (Å²) in [6.45, 7) is 2.13. The van der Waals surface area contributed by atoms with E-state index in [1.807, 2.05) is 6.07 Å². The number of fused-ring (bicyclic) bond motifs is 1. The van der Waals surface area contributed by atoms with Crippen molar-refractivity contribution >= 4 is 0 Å². The van der Waals surface area contributed by atoms with Crippen molar-refractivity contribution < 1.29 is 5.11 Å². The van der Waals surface area contributed by atoms with Gasteiger partial charge in [0, 0.05) is 6.04 Å². The molecule has 2 unspecified atom stereocenters. The molecule has 0 radical (unpaired) electrons. The Morgan fingerprint density at radius 2 is 2.23 bits per heavy atom. The van der Waals surface area contributed by atoms with E-state index in [1.54, 1.807) is 6.07 Å². The quantitative estimate of drug-likeness (QED) is 0.634. The Hall–Kier alpha value is -1.02. The lowest BCUT2D eigenvalue weighted by Gasteiger charge is -2.28. The molecule has 2 rings (SSSR count). The van der Waals surface area contributed by atoms with Crippen LogP contribution in [0.15, 0.2) is 18.2 Å². The molecule has 2 nitrogen and oxygen atoms in total. The summed E-state index contributed by atoms with van der Waals surface area (Å²) in [5.41, 5.74) is 8.28. The number of hydrogen-bond donors (Lipinski definition) is 2. The summed E-state index contributed by atoms with van der Waals surface area (Å²) in [7, 11) is 0. The number of rotatable bonds is 0. The molecule has 13 heavy (non-hydrogen) atoms. The Kier molecular flexibility index (Phi) is 2.00. The Bertz CT molecular complexity index is 322. The second-order valence-corrected chi connectivity index (χ2v) is 3.84. The standard InChI is InChI=1S/C11H15NO/c1-7-8-3-2-4-11(13)9(8)5-6-10(7)12/h2-4,7,10,13H,5-6,12H2,1H3. The third-order valence-corrected chi connectivity index (χ3v) is 3.05. The Labute approximate surface area is 78.4 Å². The number of nitrogens with two attached hydrogens (primary N) is 1. The topological polar surface area (TPSA) is 46.2 Å². The van der Waals surface area contributed by atoms with E-state index < -0.39 is 0 Å². The van der Waals surface area contributed by atoms with E-state index in [9.17, 15) is 5.11 Å². The van der Waals surface area contributed by atoms with Gasteiger partial charge >= 0.3 is 0 Å². The highest BCUT2D eigenvalue weighted by molar-refractivity contribution is 5.43. The molecule has 1 aromatic rings. The number of benzene rings is 1. The molecule has 0 bridgehead atoms. The molecule has 0 spiro atoms. The third-order valence-electron chi connectivity index (χ3n) is 3.05. The number of hydrogen-bond acceptors (Lipinski definition) is 2. The van der Waals surface area contributed by atoms with Gasteiger partial charge in [0.2, 0.25) is 0 Å². The normalized spacial score (nSPS) is 26.9. The highest BCUT2D eigenvalue weighted by Gasteiger charge is 2.24. The Morgan fingerprint density at radius 3 is 3.00 bits per heavy atom. The van der Waals surface area contributed by atoms with Crippen LogP contribution in [0.5, 0.6) is 5.75 Å². The highest BCUT2D eigenvalue weighted by Crippen LogP contribution is 2.34. The van der Waals surface area contributed by atoms with E-state index in [1.165, 1.54) is 5.56 Å². The number of phenols is 1. The first-order valence-electron chi connectivity index (χ1n) is 4.76. The van der Waals surface area contributed by atoms with E-state index in [0.717, 1.165) is 18.4 Å². The van der Waals surface area contributed by atoms with E-state index in [-0.39, 0.29) is 6.04 Å². The lowest BCUT2D eigenvalue weighted by atomic mass is 9.80. The zero-order valence-corrected chi connectivity index (χ0v) is 7.83. The molecule has 0 fully saturated rings. The average Bonchev–Trinajstić information content (AvgIpc) is 2.12. The molecule has 1 aliphatic carbocycles. The van der Waals surface area contributed by atoms with E-state index in [2.05, 4.69) is 13.0 Å². The van der Waals surface area contributed by atoms with Crippen molar-refractivity contribution in [1.29, 1.82) is 0 Å². The zero-order valence-electron chi connectivity index (χ0n) is 7.83. The smallest absolute Gasteiger partial charge is 0.119 e. The van der Waals surface area contributed by atoms with Crippen LogP contribution in [0.1, 0.15) is 30.4 Å². The summed E-state index contributed by atoms with van der Waals surface area (Å²) in [5.74, 6) is 0.798. The summed E-state index contributed by atoms with van der Waals surface area (Å²) in [5, 5.41) is 9.62. The molecule has 2 heteroatoms. The van der Waals surface area contributed by atoms with Gasteiger partial charge in [0.1, 0.15) is 5.75 Å². The van der Waals surface area contributed by atoms with Gasteiger partial charge in [-0.25, -0.2) is 0 Å². The van der Waals surface area contributed by atoms with Crippen LogP contribution in [-0.4, -0.2) is 11.1 Å². The van der Waals surface area contributed by atoms with E-state index >= 15 is 0 Å². The van der Waals surface area contributed by atoms with Gasteiger partial charge in [0.25, 0.3) is 0 Å². The molecule has 70 valence electrons. The minimum Gasteiger partial charge on any atom is -0.508 e. The maximum Gasteiger partial charge on any atom is 0.119 e. The first-order chi connectivity index (χ1) is 6.20. The Balaban J connectivity index is 2.49. The molecule has 0 amide bonds. The van der Waals surface area contributed by atoms with Crippen molar-refractivity contribution in [2.45, 2.75) is 31.7 Å². The van der Waals surface area contributed by atoms with Crippen LogP contribution in [0.2, 0.25) is 0 Å².